The van der Waals surface area contributed by atoms with E-state index in [1.165, 1.54) is 6.20 Å². The lowest BCUT2D eigenvalue weighted by atomic mass is 10.2. The maximum atomic E-state index is 12.6. The van der Waals surface area contributed by atoms with E-state index in [1.807, 2.05) is 6.07 Å². The van der Waals surface area contributed by atoms with Gasteiger partial charge in [0.15, 0.2) is 0 Å². The van der Waals surface area contributed by atoms with Crippen LogP contribution in [0.1, 0.15) is 11.3 Å². The monoisotopic (exact) mass is 281 g/mol. The van der Waals surface area contributed by atoms with Gasteiger partial charge in [-0.1, -0.05) is 6.07 Å². The summed E-state index contributed by atoms with van der Waals surface area (Å²) < 4.78 is 37.7. The predicted molar refractivity (Wildman–Crippen MR) is 62.3 cm³/mol. The summed E-state index contributed by atoms with van der Waals surface area (Å²) >= 11 is 0.924. The molecule has 0 amide bonds. The number of halogens is 3. The van der Waals surface area contributed by atoms with E-state index in [0.717, 1.165) is 23.9 Å². The molecule has 0 N–H and O–H groups in total. The molecule has 0 bridgehead atoms. The number of rotatable bonds is 2. The molecular formula is C12H6F3N3S. The van der Waals surface area contributed by atoms with E-state index in [-0.39, 0.29) is 10.6 Å². The van der Waals surface area contributed by atoms with E-state index < -0.39 is 11.9 Å². The highest BCUT2D eigenvalue weighted by atomic mass is 32.2. The van der Waals surface area contributed by atoms with Gasteiger partial charge in [-0.2, -0.15) is 18.4 Å². The summed E-state index contributed by atoms with van der Waals surface area (Å²) in [7, 11) is 0. The molecule has 96 valence electrons. The first-order valence-corrected chi connectivity index (χ1v) is 5.89. The van der Waals surface area contributed by atoms with Gasteiger partial charge in [0.05, 0.1) is 5.56 Å². The molecule has 0 radical (unpaired) electrons. The van der Waals surface area contributed by atoms with Gasteiger partial charge in [0.2, 0.25) is 0 Å². The van der Waals surface area contributed by atoms with Crippen LogP contribution in [0, 0.1) is 11.3 Å². The molecular weight excluding hydrogens is 275 g/mol. The predicted octanol–water partition coefficient (Wildman–Crippen LogP) is 3.52. The fourth-order valence-corrected chi connectivity index (χ4v) is 2.09. The number of pyridine rings is 2. The van der Waals surface area contributed by atoms with Crippen molar-refractivity contribution in [1.29, 1.82) is 5.26 Å². The van der Waals surface area contributed by atoms with Gasteiger partial charge in [-0.25, -0.2) is 9.97 Å². The Morgan fingerprint density at radius 1 is 1.16 bits per heavy atom. The van der Waals surface area contributed by atoms with Crippen LogP contribution in [-0.2, 0) is 6.18 Å². The summed E-state index contributed by atoms with van der Waals surface area (Å²) in [5.41, 5.74) is -0.936. The standard InChI is InChI=1S/C12H6F3N3S/c13-12(14,15)9-5-4-8(7-16)11(18-9)19-10-3-1-2-6-17-10/h1-6H. The van der Waals surface area contributed by atoms with E-state index in [0.29, 0.717) is 5.03 Å². The Kier molecular flexibility index (Phi) is 3.71. The van der Waals surface area contributed by atoms with Gasteiger partial charge in [0, 0.05) is 6.20 Å². The molecule has 0 atom stereocenters. The van der Waals surface area contributed by atoms with Crippen LogP contribution in [0.2, 0.25) is 0 Å². The molecule has 2 heterocycles. The molecule has 0 aromatic carbocycles. The molecule has 2 rings (SSSR count). The van der Waals surface area contributed by atoms with Gasteiger partial charge in [0.25, 0.3) is 0 Å². The van der Waals surface area contributed by atoms with Gasteiger partial charge < -0.3 is 0 Å². The van der Waals surface area contributed by atoms with Crippen molar-refractivity contribution in [3.8, 4) is 6.07 Å². The van der Waals surface area contributed by atoms with Crippen molar-refractivity contribution in [2.45, 2.75) is 16.2 Å². The van der Waals surface area contributed by atoms with Crippen molar-refractivity contribution < 1.29 is 13.2 Å². The lowest BCUT2D eigenvalue weighted by Crippen LogP contribution is -2.08. The van der Waals surface area contributed by atoms with Crippen molar-refractivity contribution in [3.05, 3.63) is 47.8 Å². The molecule has 7 heteroatoms. The van der Waals surface area contributed by atoms with E-state index in [2.05, 4.69) is 9.97 Å². The third-order valence-electron chi connectivity index (χ3n) is 2.11. The van der Waals surface area contributed by atoms with Gasteiger partial charge >= 0.3 is 6.18 Å². The average Bonchev–Trinajstić information content (AvgIpc) is 2.39. The zero-order valence-corrected chi connectivity index (χ0v) is 10.2. The summed E-state index contributed by atoms with van der Waals surface area (Å²) in [4.78, 5) is 7.46. The normalized spacial score (nSPS) is 11.1. The second-order valence-electron chi connectivity index (χ2n) is 3.43. The molecule has 0 aliphatic carbocycles. The Morgan fingerprint density at radius 3 is 2.53 bits per heavy atom. The van der Waals surface area contributed by atoms with Crippen LogP contribution in [0.3, 0.4) is 0 Å². The molecule has 0 saturated heterocycles. The molecule has 2 aromatic rings. The SMILES string of the molecule is N#Cc1ccc(C(F)(F)F)nc1Sc1ccccn1. The summed E-state index contributed by atoms with van der Waals surface area (Å²) in [5.74, 6) is 0. The van der Waals surface area contributed by atoms with Crippen LogP contribution < -0.4 is 0 Å². The third kappa shape index (κ3) is 3.23. The Hall–Kier alpha value is -2.07. The van der Waals surface area contributed by atoms with Crippen molar-refractivity contribution in [1.82, 2.24) is 9.97 Å². The van der Waals surface area contributed by atoms with Crippen LogP contribution in [0.4, 0.5) is 13.2 Å². The van der Waals surface area contributed by atoms with Gasteiger partial charge in [0.1, 0.15) is 21.8 Å². The number of alkyl halides is 3. The molecule has 0 unspecified atom stereocenters. The van der Waals surface area contributed by atoms with Crippen LogP contribution in [0.25, 0.3) is 0 Å². The lowest BCUT2D eigenvalue weighted by molar-refractivity contribution is -0.141. The largest absolute Gasteiger partial charge is 0.433 e. The number of aromatic nitrogens is 2. The van der Waals surface area contributed by atoms with Crippen molar-refractivity contribution in [3.63, 3.8) is 0 Å². The van der Waals surface area contributed by atoms with Crippen molar-refractivity contribution >= 4 is 11.8 Å². The van der Waals surface area contributed by atoms with Gasteiger partial charge in [-0.15, -0.1) is 0 Å². The number of hydrogen-bond acceptors (Lipinski definition) is 4. The minimum Gasteiger partial charge on any atom is -0.250 e. The number of hydrogen-bond donors (Lipinski definition) is 0. The minimum absolute atomic E-state index is 0.00368. The number of nitriles is 1. The average molecular weight is 281 g/mol. The second-order valence-corrected chi connectivity index (χ2v) is 4.44. The maximum absolute atomic E-state index is 12.6. The second kappa shape index (κ2) is 5.28. The Labute approximate surface area is 111 Å². The summed E-state index contributed by atoms with van der Waals surface area (Å²) in [6.45, 7) is 0. The first-order chi connectivity index (χ1) is 9.00. The lowest BCUT2D eigenvalue weighted by Gasteiger charge is -2.08. The Morgan fingerprint density at radius 2 is 1.95 bits per heavy atom. The summed E-state index contributed by atoms with van der Waals surface area (Å²) in [6, 6.07) is 8.75. The first kappa shape index (κ1) is 13.4. The van der Waals surface area contributed by atoms with E-state index in [4.69, 9.17) is 5.26 Å². The minimum atomic E-state index is -4.53. The van der Waals surface area contributed by atoms with E-state index >= 15 is 0 Å². The molecule has 0 aliphatic rings. The molecule has 0 fully saturated rings. The maximum Gasteiger partial charge on any atom is 0.433 e. The van der Waals surface area contributed by atoms with Crippen LogP contribution >= 0.6 is 11.8 Å². The summed E-state index contributed by atoms with van der Waals surface area (Å²) in [5, 5.41) is 9.36. The first-order valence-electron chi connectivity index (χ1n) is 5.08. The highest BCUT2D eigenvalue weighted by Crippen LogP contribution is 2.32. The molecule has 0 spiro atoms. The third-order valence-corrected chi connectivity index (χ3v) is 3.07. The van der Waals surface area contributed by atoms with Crippen molar-refractivity contribution in [2.75, 3.05) is 0 Å². The smallest absolute Gasteiger partial charge is 0.250 e. The fourth-order valence-electron chi connectivity index (χ4n) is 1.27. The molecule has 0 aliphatic heterocycles. The van der Waals surface area contributed by atoms with E-state index in [9.17, 15) is 13.2 Å². The van der Waals surface area contributed by atoms with Crippen LogP contribution in [0.15, 0.2) is 46.6 Å². The zero-order valence-electron chi connectivity index (χ0n) is 9.35. The zero-order chi connectivity index (χ0) is 13.9. The fraction of sp³-hybridized carbons (Fsp3) is 0.0833. The highest BCUT2D eigenvalue weighted by molar-refractivity contribution is 7.99. The van der Waals surface area contributed by atoms with Gasteiger partial charge in [-0.3, -0.25) is 0 Å². The molecule has 2 aromatic heterocycles. The Balaban J connectivity index is 2.41. The van der Waals surface area contributed by atoms with Crippen LogP contribution in [-0.4, -0.2) is 9.97 Å². The topological polar surface area (TPSA) is 49.6 Å². The quantitative estimate of drug-likeness (QED) is 0.845. The highest BCUT2D eigenvalue weighted by Gasteiger charge is 2.33. The number of nitrogens with zero attached hydrogens (tertiary/aromatic N) is 3. The molecule has 3 nitrogen and oxygen atoms in total. The van der Waals surface area contributed by atoms with Crippen LogP contribution in [0.5, 0.6) is 0 Å². The molecule has 0 saturated carbocycles. The summed E-state index contributed by atoms with van der Waals surface area (Å²) in [6.07, 6.45) is -3.02. The Bertz CT molecular complexity index is 620. The molecule has 19 heavy (non-hydrogen) atoms. The van der Waals surface area contributed by atoms with Gasteiger partial charge in [-0.05, 0) is 36.0 Å². The van der Waals surface area contributed by atoms with E-state index in [1.54, 1.807) is 18.2 Å². The van der Waals surface area contributed by atoms with Crippen molar-refractivity contribution in [2.24, 2.45) is 0 Å².